The van der Waals surface area contributed by atoms with Crippen LogP contribution in [0.1, 0.15) is 26.3 Å². The first-order valence-electron chi connectivity index (χ1n) is 9.22. The Bertz CT molecular complexity index is 1030. The average molecular weight is 393 g/mol. The molecule has 0 bridgehead atoms. The smallest absolute Gasteiger partial charge is 0.319 e. The third kappa shape index (κ3) is 5.19. The minimum atomic E-state index is -0.260. The highest BCUT2D eigenvalue weighted by atomic mass is 16.5. The molecule has 29 heavy (non-hydrogen) atoms. The van der Waals surface area contributed by atoms with Gasteiger partial charge in [-0.2, -0.15) is 4.98 Å². The number of rotatable bonds is 5. The summed E-state index contributed by atoms with van der Waals surface area (Å²) in [4.78, 5) is 27.6. The largest absolute Gasteiger partial charge is 0.336 e. The number of anilines is 2. The minimum Gasteiger partial charge on any atom is -0.336 e. The lowest BCUT2D eigenvalue weighted by Gasteiger charge is -2.10. The molecule has 0 saturated heterocycles. The Morgan fingerprint density at radius 1 is 1.00 bits per heavy atom. The molecule has 0 aliphatic carbocycles. The molecule has 0 spiro atoms. The summed E-state index contributed by atoms with van der Waals surface area (Å²) >= 11 is 0. The summed E-state index contributed by atoms with van der Waals surface area (Å²) in [6.45, 7) is 7.15. The zero-order valence-corrected chi connectivity index (χ0v) is 16.7. The lowest BCUT2D eigenvalue weighted by atomic mass is 10.1. The standard InChI is InChI=1S/C21H23N5O3/c1-12(2)22-21(28)24-17-9-7-15(8-10-17)19-25-20(29-26-19)16-6-5-13(3)18(11-16)23-14(4)27/h5-12H,1-4H3,(H,23,27)(H2,22,24,28). The van der Waals surface area contributed by atoms with Gasteiger partial charge in [0, 0.05) is 35.5 Å². The van der Waals surface area contributed by atoms with Gasteiger partial charge in [0.05, 0.1) is 0 Å². The Labute approximate surface area is 168 Å². The van der Waals surface area contributed by atoms with E-state index in [4.69, 9.17) is 4.52 Å². The number of hydrogen-bond acceptors (Lipinski definition) is 5. The summed E-state index contributed by atoms with van der Waals surface area (Å²) in [7, 11) is 0. The van der Waals surface area contributed by atoms with E-state index >= 15 is 0 Å². The van der Waals surface area contributed by atoms with Crippen molar-refractivity contribution >= 4 is 23.3 Å². The van der Waals surface area contributed by atoms with E-state index in [-0.39, 0.29) is 18.0 Å². The second kappa shape index (κ2) is 8.55. The summed E-state index contributed by atoms with van der Waals surface area (Å²) < 4.78 is 5.39. The zero-order chi connectivity index (χ0) is 21.0. The van der Waals surface area contributed by atoms with Crippen LogP contribution in [0.2, 0.25) is 0 Å². The number of benzene rings is 2. The molecule has 1 aromatic heterocycles. The van der Waals surface area contributed by atoms with E-state index in [9.17, 15) is 9.59 Å². The lowest BCUT2D eigenvalue weighted by Crippen LogP contribution is -2.34. The maximum atomic E-state index is 11.8. The van der Waals surface area contributed by atoms with Gasteiger partial charge in [0.15, 0.2) is 0 Å². The molecule has 2 aromatic carbocycles. The number of urea groups is 1. The van der Waals surface area contributed by atoms with E-state index in [1.54, 1.807) is 30.3 Å². The molecule has 0 aliphatic rings. The highest BCUT2D eigenvalue weighted by molar-refractivity contribution is 5.90. The first-order valence-corrected chi connectivity index (χ1v) is 9.22. The average Bonchev–Trinajstić information content (AvgIpc) is 3.13. The fraction of sp³-hybridized carbons (Fsp3) is 0.238. The molecule has 0 atom stereocenters. The molecule has 0 fully saturated rings. The topological polar surface area (TPSA) is 109 Å². The number of carbonyl (C=O) groups is 2. The molecule has 0 radical (unpaired) electrons. The Hall–Kier alpha value is -3.68. The Morgan fingerprint density at radius 2 is 1.69 bits per heavy atom. The molecule has 0 saturated carbocycles. The van der Waals surface area contributed by atoms with Gasteiger partial charge in [-0.1, -0.05) is 11.2 Å². The van der Waals surface area contributed by atoms with Crippen molar-refractivity contribution in [2.75, 3.05) is 10.6 Å². The van der Waals surface area contributed by atoms with Gasteiger partial charge in [-0.05, 0) is 62.7 Å². The normalized spacial score (nSPS) is 10.7. The van der Waals surface area contributed by atoms with Crippen LogP contribution in [-0.4, -0.2) is 28.1 Å². The molecule has 8 heteroatoms. The van der Waals surface area contributed by atoms with E-state index in [2.05, 4.69) is 26.1 Å². The van der Waals surface area contributed by atoms with Crippen LogP contribution in [0, 0.1) is 6.92 Å². The Morgan fingerprint density at radius 3 is 2.34 bits per heavy atom. The summed E-state index contributed by atoms with van der Waals surface area (Å²) in [6.07, 6.45) is 0. The van der Waals surface area contributed by atoms with Crippen molar-refractivity contribution in [2.45, 2.75) is 33.7 Å². The van der Waals surface area contributed by atoms with Gasteiger partial charge in [-0.25, -0.2) is 4.79 Å². The molecule has 3 amide bonds. The number of aromatic nitrogens is 2. The van der Waals surface area contributed by atoms with Crippen LogP contribution in [0.4, 0.5) is 16.2 Å². The summed E-state index contributed by atoms with van der Waals surface area (Å²) in [5, 5.41) is 12.3. The summed E-state index contributed by atoms with van der Waals surface area (Å²) in [5.74, 6) is 0.636. The molecule has 1 heterocycles. The third-order valence-electron chi connectivity index (χ3n) is 4.04. The van der Waals surface area contributed by atoms with Crippen LogP contribution in [0.5, 0.6) is 0 Å². The second-order valence-corrected chi connectivity index (χ2v) is 6.96. The predicted molar refractivity (Wildman–Crippen MR) is 112 cm³/mol. The van der Waals surface area contributed by atoms with Crippen molar-refractivity contribution in [2.24, 2.45) is 0 Å². The maximum absolute atomic E-state index is 11.8. The fourth-order valence-electron chi connectivity index (χ4n) is 2.67. The maximum Gasteiger partial charge on any atom is 0.319 e. The molecule has 3 aromatic rings. The highest BCUT2D eigenvalue weighted by Gasteiger charge is 2.13. The quantitative estimate of drug-likeness (QED) is 0.602. The minimum absolute atomic E-state index is 0.0555. The molecule has 3 rings (SSSR count). The first-order chi connectivity index (χ1) is 13.8. The van der Waals surface area contributed by atoms with Gasteiger partial charge in [-0.3, -0.25) is 4.79 Å². The van der Waals surface area contributed by atoms with Crippen molar-refractivity contribution in [3.8, 4) is 22.8 Å². The molecule has 3 N–H and O–H groups in total. The number of nitrogens with zero attached hydrogens (tertiary/aromatic N) is 2. The molecule has 0 unspecified atom stereocenters. The lowest BCUT2D eigenvalue weighted by molar-refractivity contribution is -0.114. The SMILES string of the molecule is CC(=O)Nc1cc(-c2nc(-c3ccc(NC(=O)NC(C)C)cc3)no2)ccc1C. The van der Waals surface area contributed by atoms with E-state index in [0.29, 0.717) is 28.7 Å². The number of carbonyl (C=O) groups excluding carboxylic acids is 2. The van der Waals surface area contributed by atoms with E-state index in [1.807, 2.05) is 32.9 Å². The number of nitrogens with one attached hydrogen (secondary N) is 3. The Kier molecular flexibility index (Phi) is 5.92. The summed E-state index contributed by atoms with van der Waals surface area (Å²) in [5.41, 5.74) is 3.76. The third-order valence-corrected chi connectivity index (χ3v) is 4.04. The van der Waals surface area contributed by atoms with E-state index < -0.39 is 0 Å². The van der Waals surface area contributed by atoms with Crippen LogP contribution in [0.15, 0.2) is 47.0 Å². The van der Waals surface area contributed by atoms with Crippen LogP contribution in [-0.2, 0) is 4.79 Å². The summed E-state index contributed by atoms with van der Waals surface area (Å²) in [6, 6.07) is 12.5. The van der Waals surface area contributed by atoms with Gasteiger partial charge < -0.3 is 20.5 Å². The van der Waals surface area contributed by atoms with Crippen molar-refractivity contribution in [1.82, 2.24) is 15.5 Å². The van der Waals surface area contributed by atoms with Crippen LogP contribution in [0.3, 0.4) is 0 Å². The molecular formula is C21H23N5O3. The zero-order valence-electron chi connectivity index (χ0n) is 16.7. The number of aryl methyl sites for hydroxylation is 1. The fourth-order valence-corrected chi connectivity index (χ4v) is 2.67. The monoisotopic (exact) mass is 393 g/mol. The highest BCUT2D eigenvalue weighted by Crippen LogP contribution is 2.27. The van der Waals surface area contributed by atoms with Crippen molar-refractivity contribution in [1.29, 1.82) is 0 Å². The van der Waals surface area contributed by atoms with Crippen molar-refractivity contribution < 1.29 is 14.1 Å². The number of amides is 3. The Balaban J connectivity index is 1.76. The van der Waals surface area contributed by atoms with Crippen molar-refractivity contribution in [3.05, 3.63) is 48.0 Å². The van der Waals surface area contributed by atoms with Crippen LogP contribution >= 0.6 is 0 Å². The molecular weight excluding hydrogens is 370 g/mol. The van der Waals surface area contributed by atoms with Gasteiger partial charge >= 0.3 is 6.03 Å². The molecule has 8 nitrogen and oxygen atoms in total. The van der Waals surface area contributed by atoms with Gasteiger partial charge in [0.25, 0.3) is 5.89 Å². The van der Waals surface area contributed by atoms with Crippen LogP contribution < -0.4 is 16.0 Å². The van der Waals surface area contributed by atoms with Crippen LogP contribution in [0.25, 0.3) is 22.8 Å². The van der Waals surface area contributed by atoms with Gasteiger partial charge in [0.1, 0.15) is 0 Å². The van der Waals surface area contributed by atoms with Gasteiger partial charge in [0.2, 0.25) is 11.7 Å². The second-order valence-electron chi connectivity index (χ2n) is 6.96. The van der Waals surface area contributed by atoms with E-state index in [1.165, 1.54) is 6.92 Å². The van der Waals surface area contributed by atoms with Gasteiger partial charge in [-0.15, -0.1) is 0 Å². The molecule has 150 valence electrons. The first kappa shape index (κ1) is 20.1. The molecule has 0 aliphatic heterocycles. The number of hydrogen-bond donors (Lipinski definition) is 3. The van der Waals surface area contributed by atoms with Crippen molar-refractivity contribution in [3.63, 3.8) is 0 Å². The van der Waals surface area contributed by atoms with E-state index in [0.717, 1.165) is 11.1 Å². The predicted octanol–water partition coefficient (Wildman–Crippen LogP) is 4.20.